The maximum absolute atomic E-state index is 14.3. The number of alkyl halides is 3. The van der Waals surface area contributed by atoms with Gasteiger partial charge >= 0.3 is 12.1 Å². The topological polar surface area (TPSA) is 97.5 Å². The summed E-state index contributed by atoms with van der Waals surface area (Å²) in [4.78, 5) is 29.2. The molecule has 220 valence electrons. The summed E-state index contributed by atoms with van der Waals surface area (Å²) in [5, 5.41) is 3.73. The molecule has 0 saturated heterocycles. The number of ketones is 1. The Bertz CT molecular complexity index is 1610. The van der Waals surface area contributed by atoms with Crippen molar-refractivity contribution in [1.29, 1.82) is 0 Å². The van der Waals surface area contributed by atoms with E-state index in [2.05, 4.69) is 14.8 Å². The van der Waals surface area contributed by atoms with Crippen molar-refractivity contribution in [3.8, 4) is 22.6 Å². The second-order valence-corrected chi connectivity index (χ2v) is 9.71. The smallest absolute Gasteiger partial charge is 0.435 e. The Balaban J connectivity index is 1.52. The summed E-state index contributed by atoms with van der Waals surface area (Å²) in [6.45, 7) is 1.53. The predicted molar refractivity (Wildman–Crippen MR) is 141 cm³/mol. The van der Waals surface area contributed by atoms with E-state index in [-0.39, 0.29) is 60.1 Å². The highest BCUT2D eigenvalue weighted by atomic mass is 19.4. The summed E-state index contributed by atoms with van der Waals surface area (Å²) >= 11 is 0. The van der Waals surface area contributed by atoms with Crippen molar-refractivity contribution >= 4 is 11.8 Å². The Morgan fingerprint density at radius 3 is 2.62 bits per heavy atom. The van der Waals surface area contributed by atoms with Gasteiger partial charge in [-0.2, -0.15) is 18.3 Å². The van der Waals surface area contributed by atoms with Crippen LogP contribution in [-0.2, 0) is 35.2 Å². The lowest BCUT2D eigenvalue weighted by Crippen LogP contribution is -2.30. The molecule has 4 aromatic rings. The van der Waals surface area contributed by atoms with Gasteiger partial charge < -0.3 is 18.8 Å². The monoisotopic (exact) mass is 586 g/mol. The molecule has 0 aliphatic carbocycles. The highest BCUT2D eigenvalue weighted by Gasteiger charge is 2.40. The maximum atomic E-state index is 14.3. The quantitative estimate of drug-likeness (QED) is 0.202. The van der Waals surface area contributed by atoms with E-state index in [1.54, 1.807) is 42.3 Å². The number of nitrogens with zero attached hydrogens (tertiary/aromatic N) is 4. The fraction of sp³-hybridized carbons (Fsp3) is 0.310. The maximum Gasteiger partial charge on any atom is 0.435 e. The number of hydrogen-bond donors (Lipinski definition) is 0. The number of carbonyl (C=O) groups is 2. The standard InChI is InChI=1S/C29H26F4N4O5/c1-3-37-13-22(28(35-37)29(31,32)33)20-9-18(12-36-7-6-34-16-36)10-21-26(39)19(14-42-27(20)21)8-17-4-5-23(30)24(11-17)41-15-25(38)40-2/h4-7,9-11,13,16,19H,3,8,12,14-15H2,1-2H3/t19-/m0/s1. The summed E-state index contributed by atoms with van der Waals surface area (Å²) in [5.74, 6) is -2.56. The molecule has 0 unspecified atom stereocenters. The lowest BCUT2D eigenvalue weighted by Gasteiger charge is -2.27. The van der Waals surface area contributed by atoms with E-state index >= 15 is 0 Å². The highest BCUT2D eigenvalue weighted by molar-refractivity contribution is 6.04. The van der Waals surface area contributed by atoms with Crippen molar-refractivity contribution in [2.24, 2.45) is 5.92 Å². The van der Waals surface area contributed by atoms with Crippen LogP contribution in [0.5, 0.6) is 11.5 Å². The Kier molecular flexibility index (Phi) is 8.01. The van der Waals surface area contributed by atoms with E-state index in [1.807, 2.05) is 0 Å². The van der Waals surface area contributed by atoms with Gasteiger partial charge in [-0.15, -0.1) is 0 Å². The van der Waals surface area contributed by atoms with Gasteiger partial charge in [-0.3, -0.25) is 9.48 Å². The van der Waals surface area contributed by atoms with Gasteiger partial charge in [0.05, 0.1) is 31.5 Å². The number of aryl methyl sites for hydroxylation is 1. The molecule has 42 heavy (non-hydrogen) atoms. The van der Waals surface area contributed by atoms with Gasteiger partial charge in [0.1, 0.15) is 5.75 Å². The Morgan fingerprint density at radius 2 is 1.93 bits per heavy atom. The van der Waals surface area contributed by atoms with Gasteiger partial charge in [0.15, 0.2) is 29.7 Å². The molecule has 0 spiro atoms. The third-order valence-electron chi connectivity index (χ3n) is 6.83. The summed E-state index contributed by atoms with van der Waals surface area (Å²) < 4.78 is 75.0. The molecule has 1 aliphatic heterocycles. The van der Waals surface area contributed by atoms with Gasteiger partial charge in [0.2, 0.25) is 0 Å². The number of esters is 1. The van der Waals surface area contributed by atoms with E-state index < -0.39 is 36.2 Å². The fourth-order valence-electron chi connectivity index (χ4n) is 4.80. The minimum absolute atomic E-state index is 0.0491. The lowest BCUT2D eigenvalue weighted by atomic mass is 9.86. The SMILES string of the molecule is CCn1cc(-c2cc(Cn3ccnc3)cc3c2OC[C@H](Cc2ccc(F)c(OCC(=O)OC)c2)C3=O)c(C(F)(F)F)n1. The molecule has 0 radical (unpaired) electrons. The van der Waals surface area contributed by atoms with Gasteiger partial charge in [-0.05, 0) is 48.7 Å². The largest absolute Gasteiger partial charge is 0.491 e. The zero-order valence-electron chi connectivity index (χ0n) is 22.7. The van der Waals surface area contributed by atoms with E-state index in [0.717, 1.165) is 6.07 Å². The molecule has 1 atom stereocenters. The van der Waals surface area contributed by atoms with Crippen LogP contribution in [-0.4, -0.2) is 51.4 Å². The average Bonchev–Trinajstić information content (AvgIpc) is 3.64. The summed E-state index contributed by atoms with van der Waals surface area (Å²) in [5.41, 5.74) is 0.0971. The first-order chi connectivity index (χ1) is 20.1. The molecule has 0 fully saturated rings. The van der Waals surface area contributed by atoms with E-state index in [0.29, 0.717) is 11.1 Å². The molecular weight excluding hydrogens is 560 g/mol. The molecule has 0 saturated carbocycles. The summed E-state index contributed by atoms with van der Waals surface area (Å²) in [6.07, 6.45) is 1.53. The number of halogens is 4. The van der Waals surface area contributed by atoms with E-state index in [4.69, 9.17) is 9.47 Å². The molecule has 5 rings (SSSR count). The Hall–Kier alpha value is -4.68. The minimum Gasteiger partial charge on any atom is -0.491 e. The van der Waals surface area contributed by atoms with Crippen LogP contribution in [0.25, 0.3) is 11.1 Å². The predicted octanol–water partition coefficient (Wildman–Crippen LogP) is 4.96. The first-order valence-corrected chi connectivity index (χ1v) is 13.0. The van der Waals surface area contributed by atoms with Crippen LogP contribution >= 0.6 is 0 Å². The molecular formula is C29H26F4N4O5. The second-order valence-electron chi connectivity index (χ2n) is 9.71. The number of Topliss-reactive ketones (excluding diaryl/α,β-unsaturated/α-hetero) is 1. The van der Waals surface area contributed by atoms with Crippen LogP contribution in [0.15, 0.2) is 55.2 Å². The number of aromatic nitrogens is 4. The normalized spacial score (nSPS) is 14.8. The number of hydrogen-bond acceptors (Lipinski definition) is 7. The molecule has 2 aromatic carbocycles. The fourth-order valence-corrected chi connectivity index (χ4v) is 4.80. The number of rotatable bonds is 9. The first kappa shape index (κ1) is 28.8. The van der Waals surface area contributed by atoms with Crippen LogP contribution in [0.4, 0.5) is 17.6 Å². The molecule has 3 heterocycles. The van der Waals surface area contributed by atoms with Gasteiger partial charge in [0, 0.05) is 42.8 Å². The van der Waals surface area contributed by atoms with Gasteiger partial charge in [0.25, 0.3) is 0 Å². The third kappa shape index (κ3) is 5.99. The van der Waals surface area contributed by atoms with Crippen LogP contribution in [0.3, 0.4) is 0 Å². The summed E-state index contributed by atoms with van der Waals surface area (Å²) in [7, 11) is 1.18. The number of ether oxygens (including phenoxy) is 3. The minimum atomic E-state index is -4.74. The van der Waals surface area contributed by atoms with Crippen molar-refractivity contribution in [3.63, 3.8) is 0 Å². The van der Waals surface area contributed by atoms with Crippen molar-refractivity contribution in [3.05, 3.63) is 83.5 Å². The molecule has 0 amide bonds. The van der Waals surface area contributed by atoms with Crippen molar-refractivity contribution < 1.29 is 41.4 Å². The molecule has 2 aromatic heterocycles. The highest BCUT2D eigenvalue weighted by Crippen LogP contribution is 2.44. The van der Waals surface area contributed by atoms with Crippen LogP contribution in [0, 0.1) is 11.7 Å². The van der Waals surface area contributed by atoms with Crippen LogP contribution in [0.1, 0.15) is 34.1 Å². The van der Waals surface area contributed by atoms with E-state index in [1.165, 1.54) is 30.1 Å². The molecule has 13 heteroatoms. The number of fused-ring (bicyclic) bond motifs is 1. The third-order valence-corrected chi connectivity index (χ3v) is 6.83. The Labute approximate surface area is 237 Å². The van der Waals surface area contributed by atoms with Crippen LogP contribution in [0.2, 0.25) is 0 Å². The number of carbonyl (C=O) groups excluding carboxylic acids is 2. The average molecular weight is 587 g/mol. The second kappa shape index (κ2) is 11.7. The number of benzene rings is 2. The molecule has 0 N–H and O–H groups in total. The lowest BCUT2D eigenvalue weighted by molar-refractivity contribution is -0.143. The zero-order valence-corrected chi connectivity index (χ0v) is 22.7. The molecule has 9 nitrogen and oxygen atoms in total. The molecule has 0 bridgehead atoms. The van der Waals surface area contributed by atoms with Crippen molar-refractivity contribution in [2.75, 3.05) is 20.3 Å². The Morgan fingerprint density at radius 1 is 1.14 bits per heavy atom. The number of methoxy groups -OCH3 is 1. The summed E-state index contributed by atoms with van der Waals surface area (Å²) in [6, 6.07) is 7.22. The first-order valence-electron chi connectivity index (χ1n) is 13.0. The van der Waals surface area contributed by atoms with Gasteiger partial charge in [-0.1, -0.05) is 6.07 Å². The van der Waals surface area contributed by atoms with Gasteiger partial charge in [-0.25, -0.2) is 14.2 Å². The van der Waals surface area contributed by atoms with Crippen molar-refractivity contribution in [2.45, 2.75) is 32.6 Å². The number of imidazole rings is 1. The van der Waals surface area contributed by atoms with E-state index in [9.17, 15) is 27.2 Å². The molecule has 1 aliphatic rings. The zero-order chi connectivity index (χ0) is 30.0. The van der Waals surface area contributed by atoms with Crippen molar-refractivity contribution in [1.82, 2.24) is 19.3 Å². The van der Waals surface area contributed by atoms with Crippen LogP contribution < -0.4 is 9.47 Å².